The average Bonchev–Trinajstić information content (AvgIpc) is 2.47. The van der Waals surface area contributed by atoms with E-state index in [0.29, 0.717) is 32.4 Å². The quantitative estimate of drug-likeness (QED) is 0.451. The Hall–Kier alpha value is -0.730. The predicted octanol–water partition coefficient (Wildman–Crippen LogP) is -0.473. The van der Waals surface area contributed by atoms with Gasteiger partial charge in [-0.2, -0.15) is 0 Å². The molecule has 4 N–H and O–H groups in total. The van der Waals surface area contributed by atoms with Crippen molar-refractivity contribution >= 4 is 5.91 Å². The molecule has 1 fully saturated rings. The monoisotopic (exact) mass is 305 g/mol. The van der Waals surface area contributed by atoms with E-state index in [1.165, 1.54) is 0 Å². The Morgan fingerprint density at radius 2 is 1.90 bits per heavy atom. The van der Waals surface area contributed by atoms with E-state index in [1.54, 1.807) is 6.92 Å². The Kier molecular flexibility index (Phi) is 8.13. The molecule has 124 valence electrons. The van der Waals surface area contributed by atoms with Crippen LogP contribution in [0.3, 0.4) is 0 Å². The van der Waals surface area contributed by atoms with Gasteiger partial charge in [0.05, 0.1) is 6.10 Å². The van der Waals surface area contributed by atoms with Gasteiger partial charge < -0.3 is 30.1 Å². The fourth-order valence-electron chi connectivity index (χ4n) is 2.09. The van der Waals surface area contributed by atoms with Crippen LogP contribution in [-0.2, 0) is 14.3 Å². The molecule has 5 unspecified atom stereocenters. The van der Waals surface area contributed by atoms with Gasteiger partial charge in [-0.1, -0.05) is 6.92 Å². The van der Waals surface area contributed by atoms with Gasteiger partial charge >= 0.3 is 0 Å². The summed E-state index contributed by atoms with van der Waals surface area (Å²) in [5, 5.41) is 31.7. The van der Waals surface area contributed by atoms with Gasteiger partial charge in [0.1, 0.15) is 18.3 Å². The molecule has 1 amide bonds. The second kappa shape index (κ2) is 9.32. The molecule has 0 spiro atoms. The third-order valence-electron chi connectivity index (χ3n) is 3.46. The molecular formula is C14H27NO6. The van der Waals surface area contributed by atoms with Crippen LogP contribution in [0.4, 0.5) is 0 Å². The number of unbranched alkanes of at least 4 members (excludes halogenated alkanes) is 1. The van der Waals surface area contributed by atoms with Gasteiger partial charge in [-0.15, -0.1) is 0 Å². The van der Waals surface area contributed by atoms with Gasteiger partial charge in [-0.05, 0) is 26.2 Å². The summed E-state index contributed by atoms with van der Waals surface area (Å²) in [4.78, 5) is 11.4. The number of ether oxygens (including phenoxy) is 2. The fourth-order valence-corrected chi connectivity index (χ4v) is 2.09. The summed E-state index contributed by atoms with van der Waals surface area (Å²) in [7, 11) is 0. The fraction of sp³-hybridized carbons (Fsp3) is 0.929. The molecule has 7 heteroatoms. The summed E-state index contributed by atoms with van der Waals surface area (Å²) in [5.41, 5.74) is 0. The number of aliphatic hydroxyl groups excluding tert-OH is 3. The topological polar surface area (TPSA) is 108 Å². The first-order chi connectivity index (χ1) is 9.97. The molecule has 1 aliphatic heterocycles. The van der Waals surface area contributed by atoms with Gasteiger partial charge in [-0.3, -0.25) is 4.79 Å². The van der Waals surface area contributed by atoms with Crippen molar-refractivity contribution in [2.24, 2.45) is 0 Å². The Morgan fingerprint density at radius 1 is 1.19 bits per heavy atom. The molecule has 0 aromatic heterocycles. The maximum absolute atomic E-state index is 11.4. The van der Waals surface area contributed by atoms with Crippen molar-refractivity contribution < 1.29 is 29.6 Å². The van der Waals surface area contributed by atoms with Gasteiger partial charge in [0.15, 0.2) is 6.29 Å². The molecule has 21 heavy (non-hydrogen) atoms. The molecule has 7 nitrogen and oxygen atoms in total. The zero-order valence-corrected chi connectivity index (χ0v) is 12.7. The van der Waals surface area contributed by atoms with Gasteiger partial charge in [0, 0.05) is 19.6 Å². The van der Waals surface area contributed by atoms with Gasteiger partial charge in [0.2, 0.25) is 5.91 Å². The average molecular weight is 305 g/mol. The lowest BCUT2D eigenvalue weighted by Crippen LogP contribution is -2.57. The Labute approximate surface area is 125 Å². The number of aliphatic hydroxyl groups is 3. The summed E-state index contributed by atoms with van der Waals surface area (Å²) in [6.45, 7) is 4.61. The van der Waals surface area contributed by atoms with Gasteiger partial charge in [-0.25, -0.2) is 0 Å². The van der Waals surface area contributed by atoms with Crippen LogP contribution in [0.15, 0.2) is 0 Å². The molecule has 0 saturated carbocycles. The van der Waals surface area contributed by atoms with Crippen LogP contribution in [0, 0.1) is 0 Å². The number of nitrogens with one attached hydrogen (secondary N) is 1. The maximum atomic E-state index is 11.4. The highest BCUT2D eigenvalue weighted by atomic mass is 16.7. The van der Waals surface area contributed by atoms with E-state index in [9.17, 15) is 20.1 Å². The van der Waals surface area contributed by atoms with Crippen LogP contribution in [-0.4, -0.2) is 65.1 Å². The highest BCUT2D eigenvalue weighted by molar-refractivity contribution is 5.75. The minimum absolute atomic E-state index is 0.0259. The summed E-state index contributed by atoms with van der Waals surface area (Å²) in [6, 6.07) is 0. The van der Waals surface area contributed by atoms with E-state index >= 15 is 0 Å². The third kappa shape index (κ3) is 5.88. The van der Waals surface area contributed by atoms with E-state index in [0.717, 1.165) is 6.42 Å². The molecule has 1 rings (SSSR count). The molecule has 0 aliphatic carbocycles. The van der Waals surface area contributed by atoms with Crippen LogP contribution >= 0.6 is 0 Å². The Morgan fingerprint density at radius 3 is 2.57 bits per heavy atom. The number of amides is 1. The molecule has 0 aromatic rings. The van der Waals surface area contributed by atoms with Crippen molar-refractivity contribution in [3.8, 4) is 0 Å². The number of hydrogen-bond donors (Lipinski definition) is 4. The molecular weight excluding hydrogens is 278 g/mol. The van der Waals surface area contributed by atoms with Crippen molar-refractivity contribution in [3.05, 3.63) is 0 Å². The Bertz CT molecular complexity index is 314. The number of rotatable bonds is 8. The van der Waals surface area contributed by atoms with Crippen LogP contribution in [0.5, 0.6) is 0 Å². The lowest BCUT2D eigenvalue weighted by atomic mass is 10.0. The summed E-state index contributed by atoms with van der Waals surface area (Å²) in [6.07, 6.45) is -2.55. The van der Waals surface area contributed by atoms with Crippen LogP contribution in [0.2, 0.25) is 0 Å². The number of carbonyl (C=O) groups excluding carboxylic acids is 1. The van der Waals surface area contributed by atoms with E-state index in [4.69, 9.17) is 9.47 Å². The summed E-state index contributed by atoms with van der Waals surface area (Å²) >= 11 is 0. The smallest absolute Gasteiger partial charge is 0.219 e. The number of hydrogen-bond acceptors (Lipinski definition) is 6. The van der Waals surface area contributed by atoms with E-state index in [-0.39, 0.29) is 5.91 Å². The van der Waals surface area contributed by atoms with Crippen molar-refractivity contribution in [1.29, 1.82) is 0 Å². The second-order valence-electron chi connectivity index (χ2n) is 5.36. The second-order valence-corrected chi connectivity index (χ2v) is 5.36. The minimum atomic E-state index is -1.28. The molecule has 0 aromatic carbocycles. The van der Waals surface area contributed by atoms with Crippen LogP contribution < -0.4 is 5.32 Å². The minimum Gasteiger partial charge on any atom is -0.388 e. The molecule has 0 radical (unpaired) electrons. The zero-order valence-electron chi connectivity index (χ0n) is 12.7. The standard InChI is InChI=1S/C14H27NO6/c1-3-7-15-10(16)6-4-5-8-20-14-13(19)12(18)11(17)9(2)21-14/h9,11-14,17-19H,3-8H2,1-2H3,(H,15,16). The summed E-state index contributed by atoms with van der Waals surface area (Å²) < 4.78 is 10.7. The van der Waals surface area contributed by atoms with Crippen molar-refractivity contribution in [2.75, 3.05) is 13.2 Å². The molecule has 1 heterocycles. The SMILES string of the molecule is CCCNC(=O)CCCCOC1OC(C)C(O)C(O)C1O. The molecule has 1 saturated heterocycles. The first-order valence-corrected chi connectivity index (χ1v) is 7.55. The summed E-state index contributed by atoms with van der Waals surface area (Å²) in [5.74, 6) is 0.0259. The van der Waals surface area contributed by atoms with Crippen LogP contribution in [0.25, 0.3) is 0 Å². The predicted molar refractivity (Wildman–Crippen MR) is 75.5 cm³/mol. The normalized spacial score (nSPS) is 32.9. The molecule has 0 bridgehead atoms. The first kappa shape index (κ1) is 18.3. The molecule has 1 aliphatic rings. The van der Waals surface area contributed by atoms with Crippen molar-refractivity contribution in [1.82, 2.24) is 5.32 Å². The van der Waals surface area contributed by atoms with Gasteiger partial charge in [0.25, 0.3) is 0 Å². The lowest BCUT2D eigenvalue weighted by molar-refractivity contribution is -0.293. The van der Waals surface area contributed by atoms with E-state index in [1.807, 2.05) is 6.92 Å². The molecule has 5 atom stereocenters. The third-order valence-corrected chi connectivity index (χ3v) is 3.46. The highest BCUT2D eigenvalue weighted by Crippen LogP contribution is 2.21. The Balaban J connectivity index is 2.16. The van der Waals surface area contributed by atoms with Crippen molar-refractivity contribution in [3.63, 3.8) is 0 Å². The number of carbonyl (C=O) groups is 1. The van der Waals surface area contributed by atoms with Crippen LogP contribution in [0.1, 0.15) is 39.5 Å². The lowest BCUT2D eigenvalue weighted by Gasteiger charge is -2.38. The largest absolute Gasteiger partial charge is 0.388 e. The van der Waals surface area contributed by atoms with Crippen molar-refractivity contribution in [2.45, 2.75) is 70.2 Å². The van der Waals surface area contributed by atoms with E-state index < -0.39 is 30.7 Å². The first-order valence-electron chi connectivity index (χ1n) is 7.55. The highest BCUT2D eigenvalue weighted by Gasteiger charge is 2.42. The van der Waals surface area contributed by atoms with E-state index in [2.05, 4.69) is 5.32 Å². The maximum Gasteiger partial charge on any atom is 0.219 e. The zero-order chi connectivity index (χ0) is 15.8.